The van der Waals surface area contributed by atoms with Crippen LogP contribution in [-0.2, 0) is 5.75 Å². The number of halogens is 3. The lowest BCUT2D eigenvalue weighted by Gasteiger charge is -2.05. The summed E-state index contributed by atoms with van der Waals surface area (Å²) in [4.78, 5) is 9.82. The zero-order valence-electron chi connectivity index (χ0n) is 9.45. The van der Waals surface area contributed by atoms with Crippen molar-refractivity contribution in [2.45, 2.75) is 17.6 Å². The summed E-state index contributed by atoms with van der Waals surface area (Å²) in [5, 5.41) is 0.467. The second-order valence-corrected chi connectivity index (χ2v) is 6.69. The van der Waals surface area contributed by atoms with E-state index < -0.39 is 0 Å². The molecule has 0 bridgehead atoms. The fraction of sp³-hybridized carbons (Fsp3) is 0.167. The molecule has 1 aromatic carbocycles. The number of hydrogen-bond acceptors (Lipinski definition) is 3. The lowest BCUT2D eigenvalue weighted by Crippen LogP contribution is -1.97. The summed E-state index contributed by atoms with van der Waals surface area (Å²) in [6.07, 6.45) is 0. The van der Waals surface area contributed by atoms with E-state index in [2.05, 4.69) is 54.0 Å². The van der Waals surface area contributed by atoms with Gasteiger partial charge in [-0.05, 0) is 47.1 Å². The maximum Gasteiger partial charge on any atom is 0.147 e. The summed E-state index contributed by atoms with van der Waals surface area (Å²) in [5.41, 5.74) is 0.862. The Morgan fingerprint density at radius 1 is 1.17 bits per heavy atom. The van der Waals surface area contributed by atoms with Gasteiger partial charge in [0.25, 0.3) is 0 Å². The van der Waals surface area contributed by atoms with Crippen LogP contribution in [0.1, 0.15) is 11.5 Å². The zero-order valence-corrected chi connectivity index (χ0v) is 14.2. The van der Waals surface area contributed by atoms with E-state index in [0.29, 0.717) is 10.9 Å². The highest BCUT2D eigenvalue weighted by Gasteiger charge is 2.07. The molecule has 0 saturated heterocycles. The van der Waals surface area contributed by atoms with Gasteiger partial charge in [0.2, 0.25) is 0 Å². The average Bonchev–Trinajstić information content (AvgIpc) is 2.35. The van der Waals surface area contributed by atoms with E-state index in [9.17, 15) is 0 Å². The summed E-state index contributed by atoms with van der Waals surface area (Å²) in [5.74, 6) is 1.45. The minimum absolute atomic E-state index is 0.467. The Bertz CT molecular complexity index is 537. The molecule has 0 aliphatic carbocycles. The maximum absolute atomic E-state index is 6.01. The molecule has 0 radical (unpaired) electrons. The normalized spacial score (nSPS) is 10.7. The molecule has 1 aromatic heterocycles. The van der Waals surface area contributed by atoms with Crippen LogP contribution >= 0.6 is 55.2 Å². The summed E-state index contributed by atoms with van der Waals surface area (Å²) >= 11 is 14.5. The number of nitrogens with zero attached hydrogens (tertiary/aromatic N) is 2. The first-order valence-corrected chi connectivity index (χ1v) is 8.08. The van der Waals surface area contributed by atoms with Gasteiger partial charge in [-0.25, -0.2) is 9.97 Å². The predicted octanol–water partition coefficient (Wildman–Crippen LogP) is 5.26. The highest BCUT2D eigenvalue weighted by molar-refractivity contribution is 9.10. The van der Waals surface area contributed by atoms with Crippen molar-refractivity contribution in [2.24, 2.45) is 0 Å². The van der Waals surface area contributed by atoms with Crippen LogP contribution in [0.2, 0.25) is 5.15 Å². The molecule has 0 amide bonds. The molecule has 0 atom stereocenters. The van der Waals surface area contributed by atoms with Crippen LogP contribution in [0.15, 0.2) is 38.1 Å². The highest BCUT2D eigenvalue weighted by atomic mass is 79.9. The third-order valence-corrected chi connectivity index (χ3v) is 5.19. The minimum atomic E-state index is 0.467. The molecule has 0 spiro atoms. The quantitative estimate of drug-likeness (QED) is 0.512. The van der Waals surface area contributed by atoms with Gasteiger partial charge in [-0.15, -0.1) is 11.8 Å². The van der Waals surface area contributed by atoms with Crippen LogP contribution in [0.5, 0.6) is 0 Å². The number of benzene rings is 1. The Morgan fingerprint density at radius 2 is 1.83 bits per heavy atom. The van der Waals surface area contributed by atoms with Crippen molar-refractivity contribution >= 4 is 55.2 Å². The molecule has 18 heavy (non-hydrogen) atoms. The summed E-state index contributed by atoms with van der Waals surface area (Å²) < 4.78 is 1.84. The molecule has 0 aliphatic rings. The van der Waals surface area contributed by atoms with Gasteiger partial charge in [-0.2, -0.15) is 0 Å². The first kappa shape index (κ1) is 14.3. The van der Waals surface area contributed by atoms with Crippen LogP contribution in [0.3, 0.4) is 0 Å². The number of rotatable bonds is 3. The van der Waals surface area contributed by atoms with E-state index in [-0.39, 0.29) is 0 Å². The van der Waals surface area contributed by atoms with Gasteiger partial charge in [0, 0.05) is 9.37 Å². The van der Waals surface area contributed by atoms with E-state index in [4.69, 9.17) is 11.6 Å². The lowest BCUT2D eigenvalue weighted by molar-refractivity contribution is 0.984. The van der Waals surface area contributed by atoms with Gasteiger partial charge in [0.15, 0.2) is 0 Å². The molecule has 1 heterocycles. The Kier molecular flexibility index (Phi) is 5.06. The van der Waals surface area contributed by atoms with Gasteiger partial charge >= 0.3 is 0 Å². The van der Waals surface area contributed by atoms with Gasteiger partial charge in [-0.1, -0.05) is 27.5 Å². The lowest BCUT2D eigenvalue weighted by atomic mass is 10.4. The van der Waals surface area contributed by atoms with Crippen LogP contribution in [0.4, 0.5) is 0 Å². The minimum Gasteiger partial charge on any atom is -0.236 e. The molecule has 0 aliphatic heterocycles. The monoisotopic (exact) mass is 406 g/mol. The highest BCUT2D eigenvalue weighted by Crippen LogP contribution is 2.26. The van der Waals surface area contributed by atoms with Gasteiger partial charge in [0.05, 0.1) is 15.9 Å². The smallest absolute Gasteiger partial charge is 0.147 e. The molecular weight excluding hydrogens is 399 g/mol. The molecule has 0 fully saturated rings. The SMILES string of the molecule is Cc1nc(CSc2ccc(Br)cc2)nc(Cl)c1Br. The molecular formula is C12H9Br2ClN2S. The first-order chi connectivity index (χ1) is 8.56. The van der Waals surface area contributed by atoms with E-state index in [1.165, 1.54) is 4.90 Å². The molecule has 0 saturated carbocycles. The zero-order chi connectivity index (χ0) is 13.1. The van der Waals surface area contributed by atoms with Crippen molar-refractivity contribution in [1.29, 1.82) is 0 Å². The van der Waals surface area contributed by atoms with Crippen molar-refractivity contribution < 1.29 is 0 Å². The van der Waals surface area contributed by atoms with Crippen molar-refractivity contribution in [3.8, 4) is 0 Å². The standard InChI is InChI=1S/C12H9Br2ClN2S/c1-7-11(14)12(15)17-10(16-7)6-18-9-4-2-8(13)3-5-9/h2-5H,6H2,1H3. The molecule has 2 nitrogen and oxygen atoms in total. The van der Waals surface area contributed by atoms with Crippen LogP contribution < -0.4 is 0 Å². The Balaban J connectivity index is 2.08. The molecule has 0 unspecified atom stereocenters. The van der Waals surface area contributed by atoms with E-state index in [1.807, 2.05) is 19.1 Å². The summed E-state index contributed by atoms with van der Waals surface area (Å²) in [6.45, 7) is 1.91. The molecule has 2 rings (SSSR count). The fourth-order valence-corrected chi connectivity index (χ4v) is 2.75. The van der Waals surface area contributed by atoms with E-state index in [1.54, 1.807) is 11.8 Å². The Morgan fingerprint density at radius 3 is 2.44 bits per heavy atom. The molecule has 0 N–H and O–H groups in total. The summed E-state index contributed by atoms with van der Waals surface area (Å²) in [6, 6.07) is 8.15. The number of thioether (sulfide) groups is 1. The fourth-order valence-electron chi connectivity index (χ4n) is 1.32. The van der Waals surface area contributed by atoms with Gasteiger partial charge < -0.3 is 0 Å². The van der Waals surface area contributed by atoms with E-state index >= 15 is 0 Å². The average molecular weight is 409 g/mol. The van der Waals surface area contributed by atoms with Gasteiger partial charge in [-0.3, -0.25) is 0 Å². The van der Waals surface area contributed by atoms with Crippen molar-refractivity contribution in [2.75, 3.05) is 0 Å². The third kappa shape index (κ3) is 3.70. The Labute approximate surface area is 132 Å². The molecule has 6 heteroatoms. The number of hydrogen-bond donors (Lipinski definition) is 0. The van der Waals surface area contributed by atoms with Crippen molar-refractivity contribution in [3.05, 3.63) is 49.9 Å². The second kappa shape index (κ2) is 6.37. The third-order valence-electron chi connectivity index (χ3n) is 2.20. The van der Waals surface area contributed by atoms with Crippen molar-refractivity contribution in [1.82, 2.24) is 9.97 Å². The summed E-state index contributed by atoms with van der Waals surface area (Å²) in [7, 11) is 0. The predicted molar refractivity (Wildman–Crippen MR) is 83.2 cm³/mol. The first-order valence-electron chi connectivity index (χ1n) is 5.13. The van der Waals surface area contributed by atoms with Crippen LogP contribution in [0.25, 0.3) is 0 Å². The maximum atomic E-state index is 6.01. The molecule has 2 aromatic rings. The van der Waals surface area contributed by atoms with Crippen molar-refractivity contribution in [3.63, 3.8) is 0 Å². The second-order valence-electron chi connectivity index (χ2n) is 3.57. The van der Waals surface area contributed by atoms with Gasteiger partial charge in [0.1, 0.15) is 11.0 Å². The van der Waals surface area contributed by atoms with Crippen LogP contribution in [0, 0.1) is 6.92 Å². The Hall–Kier alpha value is -0.100. The molecule has 94 valence electrons. The van der Waals surface area contributed by atoms with E-state index in [0.717, 1.165) is 20.5 Å². The largest absolute Gasteiger partial charge is 0.236 e. The topological polar surface area (TPSA) is 25.8 Å². The number of aryl methyl sites for hydroxylation is 1. The van der Waals surface area contributed by atoms with Crippen LogP contribution in [-0.4, -0.2) is 9.97 Å². The number of aromatic nitrogens is 2.